The number of para-hydroxylation sites is 1. The number of aryl methyl sites for hydroxylation is 1. The van der Waals surface area contributed by atoms with Crippen LogP contribution in [0.2, 0.25) is 5.02 Å². The first-order chi connectivity index (χ1) is 13.9. The van der Waals surface area contributed by atoms with Crippen LogP contribution < -0.4 is 10.1 Å². The van der Waals surface area contributed by atoms with E-state index in [9.17, 15) is 9.59 Å². The molecule has 0 spiro atoms. The van der Waals surface area contributed by atoms with E-state index in [1.54, 1.807) is 36.7 Å². The first-order valence-electron chi connectivity index (χ1n) is 8.83. The average Bonchev–Trinajstić information content (AvgIpc) is 3.01. The molecule has 3 aromatic rings. The van der Waals surface area contributed by atoms with Crippen LogP contribution in [0.1, 0.15) is 21.7 Å². The Labute approximate surface area is 173 Å². The molecule has 0 saturated carbocycles. The fourth-order valence-electron chi connectivity index (χ4n) is 2.93. The molecule has 150 valence electrons. The molecule has 0 atom stereocenters. The van der Waals surface area contributed by atoms with E-state index in [-0.39, 0.29) is 0 Å². The van der Waals surface area contributed by atoms with Crippen LogP contribution in [-0.4, -0.2) is 35.4 Å². The number of halogens is 1. The van der Waals surface area contributed by atoms with Crippen molar-refractivity contribution in [2.24, 2.45) is 0 Å². The van der Waals surface area contributed by atoms with Crippen LogP contribution in [0.3, 0.4) is 0 Å². The number of methoxy groups -OCH3 is 1. The average molecular weight is 414 g/mol. The maximum absolute atomic E-state index is 12.6. The summed E-state index contributed by atoms with van der Waals surface area (Å²) in [7, 11) is 1.48. The van der Waals surface area contributed by atoms with Gasteiger partial charge in [-0.2, -0.15) is 5.10 Å². The molecule has 0 unspecified atom stereocenters. The van der Waals surface area contributed by atoms with E-state index in [4.69, 9.17) is 21.1 Å². The van der Waals surface area contributed by atoms with E-state index < -0.39 is 18.5 Å². The number of carbonyl (C=O) groups excluding carboxylic acids is 2. The molecule has 29 heavy (non-hydrogen) atoms. The fraction of sp³-hybridized carbons (Fsp3) is 0.190. The van der Waals surface area contributed by atoms with Crippen molar-refractivity contribution < 1.29 is 19.1 Å². The topological polar surface area (TPSA) is 82.4 Å². The van der Waals surface area contributed by atoms with Crippen LogP contribution >= 0.6 is 11.6 Å². The van der Waals surface area contributed by atoms with Gasteiger partial charge in [0.1, 0.15) is 11.3 Å². The van der Waals surface area contributed by atoms with Gasteiger partial charge >= 0.3 is 5.97 Å². The normalized spacial score (nSPS) is 10.5. The van der Waals surface area contributed by atoms with Crippen molar-refractivity contribution >= 4 is 29.2 Å². The molecular weight excluding hydrogens is 394 g/mol. The van der Waals surface area contributed by atoms with Crippen molar-refractivity contribution in [1.82, 2.24) is 9.78 Å². The summed E-state index contributed by atoms with van der Waals surface area (Å²) < 4.78 is 12.0. The lowest BCUT2D eigenvalue weighted by atomic mass is 10.2. The molecule has 8 heteroatoms. The Morgan fingerprint density at radius 1 is 1.14 bits per heavy atom. The second-order valence-corrected chi connectivity index (χ2v) is 6.70. The van der Waals surface area contributed by atoms with Gasteiger partial charge in [-0.1, -0.05) is 29.8 Å². The molecular formula is C21H20ClN3O4. The number of nitrogens with one attached hydrogen (secondary N) is 1. The number of carbonyl (C=O) groups is 2. The summed E-state index contributed by atoms with van der Waals surface area (Å²) in [6, 6.07) is 14.3. The highest BCUT2D eigenvalue weighted by Gasteiger charge is 2.21. The van der Waals surface area contributed by atoms with Gasteiger partial charge < -0.3 is 14.8 Å². The predicted octanol–water partition coefficient (Wildman–Crippen LogP) is 3.95. The number of nitrogens with zero attached hydrogens (tertiary/aromatic N) is 2. The Hall–Kier alpha value is -3.32. The van der Waals surface area contributed by atoms with Gasteiger partial charge in [0.15, 0.2) is 6.61 Å². The molecule has 2 aromatic carbocycles. The Morgan fingerprint density at radius 2 is 1.86 bits per heavy atom. The largest absolute Gasteiger partial charge is 0.495 e. The summed E-state index contributed by atoms with van der Waals surface area (Å²) in [6.45, 7) is 3.05. The fourth-order valence-corrected chi connectivity index (χ4v) is 3.10. The molecule has 0 saturated heterocycles. The van der Waals surface area contributed by atoms with Crippen LogP contribution in [0.4, 0.5) is 5.69 Å². The second-order valence-electron chi connectivity index (χ2n) is 6.26. The minimum absolute atomic E-state index is 0.335. The number of amides is 1. The van der Waals surface area contributed by atoms with E-state index in [0.717, 1.165) is 5.69 Å². The molecule has 1 aromatic heterocycles. The highest BCUT2D eigenvalue weighted by Crippen LogP contribution is 2.27. The Bertz CT molecular complexity index is 1050. The SMILES string of the molecule is COc1ccc(Cl)cc1NC(=O)COC(=O)c1c(C)nn(-c2ccccc2)c1C. The zero-order chi connectivity index (χ0) is 21.0. The molecule has 0 aliphatic rings. The predicted molar refractivity (Wildman–Crippen MR) is 110 cm³/mol. The molecule has 0 bridgehead atoms. The zero-order valence-corrected chi connectivity index (χ0v) is 17.0. The molecule has 0 aliphatic heterocycles. The van der Waals surface area contributed by atoms with Crippen molar-refractivity contribution in [3.8, 4) is 11.4 Å². The second kappa shape index (κ2) is 8.79. The number of anilines is 1. The first kappa shape index (κ1) is 20.4. The third kappa shape index (κ3) is 4.57. The number of hydrogen-bond acceptors (Lipinski definition) is 5. The van der Waals surface area contributed by atoms with Crippen LogP contribution in [0.5, 0.6) is 5.75 Å². The van der Waals surface area contributed by atoms with Gasteiger partial charge in [0.05, 0.1) is 29.9 Å². The summed E-state index contributed by atoms with van der Waals surface area (Å²) in [4.78, 5) is 24.8. The van der Waals surface area contributed by atoms with Crippen molar-refractivity contribution in [3.05, 3.63) is 70.5 Å². The van der Waals surface area contributed by atoms with Gasteiger partial charge in [0.2, 0.25) is 0 Å². The van der Waals surface area contributed by atoms with Crippen molar-refractivity contribution in [1.29, 1.82) is 0 Å². The van der Waals surface area contributed by atoms with Gasteiger partial charge in [-0.3, -0.25) is 4.79 Å². The standard InChI is InChI=1S/C21H20ClN3O4/c1-13-20(14(2)25(24-13)16-7-5-4-6-8-16)21(27)29-12-19(26)23-17-11-15(22)9-10-18(17)28-3/h4-11H,12H2,1-3H3,(H,23,26). The number of hydrogen-bond donors (Lipinski definition) is 1. The first-order valence-corrected chi connectivity index (χ1v) is 9.20. The molecule has 0 aliphatic carbocycles. The molecule has 0 fully saturated rings. The third-order valence-electron chi connectivity index (χ3n) is 4.27. The zero-order valence-electron chi connectivity index (χ0n) is 16.2. The smallest absolute Gasteiger partial charge is 0.342 e. The lowest BCUT2D eigenvalue weighted by Crippen LogP contribution is -2.21. The number of rotatable bonds is 6. The van der Waals surface area contributed by atoms with Crippen LogP contribution in [0, 0.1) is 13.8 Å². The van der Waals surface area contributed by atoms with E-state index in [0.29, 0.717) is 33.4 Å². The highest BCUT2D eigenvalue weighted by atomic mass is 35.5. The summed E-state index contributed by atoms with van der Waals surface area (Å²) in [5.41, 5.74) is 2.72. The van der Waals surface area contributed by atoms with Gasteiger partial charge in [-0.05, 0) is 44.2 Å². The van der Waals surface area contributed by atoms with Crippen LogP contribution in [0.25, 0.3) is 5.69 Å². The Kier molecular flexibility index (Phi) is 6.19. The van der Waals surface area contributed by atoms with E-state index in [1.165, 1.54) is 7.11 Å². The molecule has 3 rings (SSSR count). The minimum Gasteiger partial charge on any atom is -0.495 e. The van der Waals surface area contributed by atoms with Crippen molar-refractivity contribution in [2.75, 3.05) is 19.0 Å². The van der Waals surface area contributed by atoms with Crippen molar-refractivity contribution in [3.63, 3.8) is 0 Å². The van der Waals surface area contributed by atoms with Gasteiger partial charge in [-0.15, -0.1) is 0 Å². The monoisotopic (exact) mass is 413 g/mol. The van der Waals surface area contributed by atoms with E-state index in [1.807, 2.05) is 30.3 Å². The molecule has 1 amide bonds. The van der Waals surface area contributed by atoms with E-state index >= 15 is 0 Å². The maximum Gasteiger partial charge on any atom is 0.342 e. The Morgan fingerprint density at radius 3 is 2.55 bits per heavy atom. The maximum atomic E-state index is 12.6. The highest BCUT2D eigenvalue weighted by molar-refractivity contribution is 6.31. The summed E-state index contributed by atoms with van der Waals surface area (Å²) in [6.07, 6.45) is 0. The number of esters is 1. The van der Waals surface area contributed by atoms with E-state index in [2.05, 4.69) is 10.4 Å². The summed E-state index contributed by atoms with van der Waals surface area (Å²) in [5, 5.41) is 7.48. The number of benzene rings is 2. The minimum atomic E-state index is -0.615. The number of aromatic nitrogens is 2. The third-order valence-corrected chi connectivity index (χ3v) is 4.50. The molecule has 1 heterocycles. The van der Waals surface area contributed by atoms with Crippen molar-refractivity contribution in [2.45, 2.75) is 13.8 Å². The lowest BCUT2D eigenvalue weighted by Gasteiger charge is -2.11. The van der Waals surface area contributed by atoms with Crippen LogP contribution in [-0.2, 0) is 9.53 Å². The van der Waals surface area contributed by atoms with Gasteiger partial charge in [0.25, 0.3) is 5.91 Å². The lowest BCUT2D eigenvalue weighted by molar-refractivity contribution is -0.119. The molecule has 7 nitrogen and oxygen atoms in total. The van der Waals surface area contributed by atoms with Gasteiger partial charge in [0, 0.05) is 5.02 Å². The Balaban J connectivity index is 1.69. The quantitative estimate of drug-likeness (QED) is 0.619. The van der Waals surface area contributed by atoms with Gasteiger partial charge in [-0.25, -0.2) is 9.48 Å². The summed E-state index contributed by atoms with van der Waals surface area (Å²) >= 11 is 5.95. The molecule has 1 N–H and O–H groups in total. The molecule has 0 radical (unpaired) electrons. The summed E-state index contributed by atoms with van der Waals surface area (Å²) in [5.74, 6) is -0.676. The van der Waals surface area contributed by atoms with Crippen LogP contribution in [0.15, 0.2) is 48.5 Å². The number of ether oxygens (including phenoxy) is 2.